The first-order valence-corrected chi connectivity index (χ1v) is 6.67. The third kappa shape index (κ3) is 4.96. The predicted molar refractivity (Wildman–Crippen MR) is 67.5 cm³/mol. The molecule has 2 heterocycles. The molecule has 16 heavy (non-hydrogen) atoms. The zero-order valence-electron chi connectivity index (χ0n) is 8.99. The van der Waals surface area contributed by atoms with Crippen LogP contribution in [0.4, 0.5) is 0 Å². The molecule has 0 unspecified atom stereocenters. The first-order valence-electron chi connectivity index (χ1n) is 5.26. The van der Waals surface area contributed by atoms with Gasteiger partial charge in [0.25, 0.3) is 0 Å². The summed E-state index contributed by atoms with van der Waals surface area (Å²) in [5, 5.41) is 13.1. The number of hydrogen-bond donors (Lipinski definition) is 2. The highest BCUT2D eigenvalue weighted by Crippen LogP contribution is 2.28. The number of thiophene rings is 1. The lowest BCUT2D eigenvalue weighted by molar-refractivity contribution is -0.134. The maximum Gasteiger partial charge on any atom is 0.318 e. The molecule has 1 aromatic heterocycles. The second kappa shape index (κ2) is 7.65. The molecule has 1 aliphatic rings. The molecule has 0 aliphatic carbocycles. The Balaban J connectivity index is 0.000000221. The normalized spacial score (nSPS) is 16.3. The molecule has 1 aromatic rings. The van der Waals surface area contributed by atoms with Crippen molar-refractivity contribution in [1.29, 1.82) is 0 Å². The molecule has 2 rings (SSSR count). The standard InChI is InChI=1S/C9H13NS.C2H3ClO2/c1-2-9(11-7-1)8-3-5-10-6-4-8;3-1-2(4)5/h1-2,7-8,10H,3-6H2;1H2,(H,4,5). The molecule has 0 radical (unpaired) electrons. The highest BCUT2D eigenvalue weighted by atomic mass is 35.5. The average molecular weight is 262 g/mol. The minimum atomic E-state index is -0.980. The number of alkyl halides is 1. The van der Waals surface area contributed by atoms with E-state index in [0.717, 1.165) is 5.92 Å². The van der Waals surface area contributed by atoms with Crippen molar-refractivity contribution in [3.63, 3.8) is 0 Å². The van der Waals surface area contributed by atoms with Gasteiger partial charge in [0, 0.05) is 4.88 Å². The average Bonchev–Trinajstić information content (AvgIpc) is 2.84. The number of rotatable bonds is 2. The van der Waals surface area contributed by atoms with Crippen LogP contribution in [0.2, 0.25) is 0 Å². The van der Waals surface area contributed by atoms with Crippen LogP contribution in [-0.4, -0.2) is 30.0 Å². The van der Waals surface area contributed by atoms with Crippen LogP contribution in [0.25, 0.3) is 0 Å². The van der Waals surface area contributed by atoms with E-state index in [0.29, 0.717) is 0 Å². The van der Waals surface area contributed by atoms with Crippen LogP contribution < -0.4 is 5.32 Å². The number of carbonyl (C=O) groups is 1. The molecule has 90 valence electrons. The van der Waals surface area contributed by atoms with Crippen molar-refractivity contribution in [3.05, 3.63) is 22.4 Å². The van der Waals surface area contributed by atoms with Crippen molar-refractivity contribution in [2.45, 2.75) is 18.8 Å². The van der Waals surface area contributed by atoms with Gasteiger partial charge in [-0.1, -0.05) is 6.07 Å². The van der Waals surface area contributed by atoms with Crippen LogP contribution in [0.15, 0.2) is 17.5 Å². The number of nitrogens with one attached hydrogen (secondary N) is 1. The fourth-order valence-corrected chi connectivity index (χ4v) is 2.53. The van der Waals surface area contributed by atoms with Crippen molar-refractivity contribution in [1.82, 2.24) is 5.32 Å². The van der Waals surface area contributed by atoms with Gasteiger partial charge in [-0.25, -0.2) is 0 Å². The Bertz CT molecular complexity index is 297. The van der Waals surface area contributed by atoms with Crippen molar-refractivity contribution < 1.29 is 9.90 Å². The molecule has 0 spiro atoms. The Morgan fingerprint density at radius 1 is 1.56 bits per heavy atom. The lowest BCUT2D eigenvalue weighted by Crippen LogP contribution is -2.26. The zero-order chi connectivity index (χ0) is 11.8. The van der Waals surface area contributed by atoms with E-state index in [1.165, 1.54) is 25.9 Å². The summed E-state index contributed by atoms with van der Waals surface area (Å²) in [4.78, 5) is 10.8. The maximum atomic E-state index is 9.24. The van der Waals surface area contributed by atoms with Gasteiger partial charge in [0.15, 0.2) is 0 Å². The molecular formula is C11H16ClNO2S. The first kappa shape index (κ1) is 13.5. The van der Waals surface area contributed by atoms with Crippen LogP contribution in [0, 0.1) is 0 Å². The van der Waals surface area contributed by atoms with Gasteiger partial charge in [-0.15, -0.1) is 22.9 Å². The molecule has 5 heteroatoms. The van der Waals surface area contributed by atoms with E-state index in [2.05, 4.69) is 22.8 Å². The summed E-state index contributed by atoms with van der Waals surface area (Å²) in [7, 11) is 0. The molecule has 0 aromatic carbocycles. The van der Waals surface area contributed by atoms with Gasteiger partial charge < -0.3 is 10.4 Å². The minimum absolute atomic E-state index is 0.306. The summed E-state index contributed by atoms with van der Waals surface area (Å²) >= 11 is 6.64. The minimum Gasteiger partial charge on any atom is -0.480 e. The fourth-order valence-electron chi connectivity index (χ4n) is 1.63. The third-order valence-corrected chi connectivity index (χ3v) is 3.66. The summed E-state index contributed by atoms with van der Waals surface area (Å²) in [6, 6.07) is 4.42. The van der Waals surface area contributed by atoms with Crippen molar-refractivity contribution in [2.75, 3.05) is 19.0 Å². The highest BCUT2D eigenvalue weighted by Gasteiger charge is 2.14. The molecule has 1 saturated heterocycles. The molecule has 1 aliphatic heterocycles. The summed E-state index contributed by atoms with van der Waals surface area (Å²) < 4.78 is 0. The van der Waals surface area contributed by atoms with E-state index in [1.54, 1.807) is 4.88 Å². The predicted octanol–water partition coefficient (Wildman–Crippen LogP) is 2.52. The van der Waals surface area contributed by atoms with Crippen LogP contribution in [0.1, 0.15) is 23.6 Å². The molecular weight excluding hydrogens is 246 g/mol. The fraction of sp³-hybridized carbons (Fsp3) is 0.545. The summed E-state index contributed by atoms with van der Waals surface area (Å²) in [5.74, 6) is -0.442. The van der Waals surface area contributed by atoms with Crippen LogP contribution in [0.3, 0.4) is 0 Å². The van der Waals surface area contributed by atoms with Crippen molar-refractivity contribution in [3.8, 4) is 0 Å². The SMILES string of the molecule is O=C(O)CCl.c1csc(C2CCNCC2)c1. The van der Waals surface area contributed by atoms with E-state index < -0.39 is 5.97 Å². The molecule has 0 amide bonds. The molecule has 0 atom stereocenters. The van der Waals surface area contributed by atoms with Gasteiger partial charge in [-0.2, -0.15) is 0 Å². The maximum absolute atomic E-state index is 9.24. The molecule has 3 nitrogen and oxygen atoms in total. The van der Waals surface area contributed by atoms with Crippen molar-refractivity contribution in [2.24, 2.45) is 0 Å². The van der Waals surface area contributed by atoms with Gasteiger partial charge in [0.2, 0.25) is 0 Å². The number of aliphatic carboxylic acids is 1. The number of carboxylic acid groups (broad SMARTS) is 1. The quantitative estimate of drug-likeness (QED) is 0.805. The number of carboxylic acids is 1. The Morgan fingerprint density at radius 2 is 2.19 bits per heavy atom. The van der Waals surface area contributed by atoms with Gasteiger partial charge in [-0.05, 0) is 43.3 Å². The lowest BCUT2D eigenvalue weighted by atomic mass is 9.97. The van der Waals surface area contributed by atoms with Gasteiger partial charge in [0.05, 0.1) is 0 Å². The summed E-state index contributed by atoms with van der Waals surface area (Å²) in [5.41, 5.74) is 0. The Morgan fingerprint density at radius 3 is 2.62 bits per heavy atom. The van der Waals surface area contributed by atoms with E-state index in [-0.39, 0.29) is 5.88 Å². The van der Waals surface area contributed by atoms with Crippen LogP contribution >= 0.6 is 22.9 Å². The van der Waals surface area contributed by atoms with Gasteiger partial charge >= 0.3 is 5.97 Å². The third-order valence-electron chi connectivity index (χ3n) is 2.40. The highest BCUT2D eigenvalue weighted by molar-refractivity contribution is 7.10. The van der Waals surface area contributed by atoms with Crippen LogP contribution in [-0.2, 0) is 4.79 Å². The Hall–Kier alpha value is -0.580. The Kier molecular flexibility index (Phi) is 6.45. The lowest BCUT2D eigenvalue weighted by Gasteiger charge is -2.21. The van der Waals surface area contributed by atoms with Gasteiger partial charge in [0.1, 0.15) is 5.88 Å². The van der Waals surface area contributed by atoms with E-state index >= 15 is 0 Å². The van der Waals surface area contributed by atoms with Crippen LogP contribution in [0.5, 0.6) is 0 Å². The number of halogens is 1. The first-order chi connectivity index (χ1) is 7.74. The number of piperidine rings is 1. The topological polar surface area (TPSA) is 49.3 Å². The summed E-state index contributed by atoms with van der Waals surface area (Å²) in [6.45, 7) is 2.39. The Labute approximate surface area is 104 Å². The smallest absolute Gasteiger partial charge is 0.318 e. The molecule has 0 bridgehead atoms. The molecule has 1 fully saturated rings. The van der Waals surface area contributed by atoms with E-state index in [9.17, 15) is 4.79 Å². The second-order valence-corrected chi connectivity index (χ2v) is 4.81. The second-order valence-electron chi connectivity index (χ2n) is 3.57. The van der Waals surface area contributed by atoms with E-state index in [1.807, 2.05) is 11.3 Å². The largest absolute Gasteiger partial charge is 0.480 e. The summed E-state index contributed by atoms with van der Waals surface area (Å²) in [6.07, 6.45) is 2.64. The zero-order valence-corrected chi connectivity index (χ0v) is 10.6. The van der Waals surface area contributed by atoms with Gasteiger partial charge in [-0.3, -0.25) is 4.79 Å². The molecule has 0 saturated carbocycles. The molecule has 2 N–H and O–H groups in total. The monoisotopic (exact) mass is 261 g/mol. The number of hydrogen-bond acceptors (Lipinski definition) is 3. The van der Waals surface area contributed by atoms with E-state index in [4.69, 9.17) is 16.7 Å². The van der Waals surface area contributed by atoms with Crippen molar-refractivity contribution >= 4 is 28.9 Å².